The number of oxazole rings is 1. The van der Waals surface area contributed by atoms with Gasteiger partial charge in [-0.25, -0.2) is 21.9 Å². The predicted octanol–water partition coefficient (Wildman–Crippen LogP) is 3.16. The lowest BCUT2D eigenvalue weighted by Gasteiger charge is -2.24. The lowest BCUT2D eigenvalue weighted by Crippen LogP contribution is -2.48. The van der Waals surface area contributed by atoms with Gasteiger partial charge in [0.25, 0.3) is 5.91 Å². The van der Waals surface area contributed by atoms with Gasteiger partial charge >= 0.3 is 6.01 Å². The molecule has 9 nitrogen and oxygen atoms in total. The van der Waals surface area contributed by atoms with Crippen molar-refractivity contribution in [2.45, 2.75) is 51.3 Å². The van der Waals surface area contributed by atoms with Crippen LogP contribution in [0.4, 0.5) is 14.8 Å². The van der Waals surface area contributed by atoms with E-state index in [1.54, 1.807) is 0 Å². The van der Waals surface area contributed by atoms with Crippen molar-refractivity contribution in [2.24, 2.45) is 5.92 Å². The number of amides is 1. The van der Waals surface area contributed by atoms with Crippen LogP contribution >= 0.6 is 0 Å². The third kappa shape index (κ3) is 8.84. The molecular weight excluding hydrogens is 530 g/mol. The number of sulfonamides is 1. The van der Waals surface area contributed by atoms with Crippen molar-refractivity contribution in [3.63, 3.8) is 0 Å². The molecule has 1 aliphatic carbocycles. The smallest absolute Gasteiger partial charge is 0.309 e. The zero-order valence-corrected chi connectivity index (χ0v) is 22.3. The number of aliphatic hydroxyl groups excluding tert-OH is 1. The van der Waals surface area contributed by atoms with Crippen LogP contribution in [0.2, 0.25) is 0 Å². The Balaban J connectivity index is 1.42. The second-order valence-corrected chi connectivity index (χ2v) is 11.6. The zero-order chi connectivity index (χ0) is 28.0. The van der Waals surface area contributed by atoms with E-state index in [0.29, 0.717) is 6.54 Å². The molecule has 1 aromatic heterocycles. The molecule has 2 aromatic carbocycles. The Hall–Kier alpha value is -3.35. The van der Waals surface area contributed by atoms with Gasteiger partial charge in [-0.3, -0.25) is 4.79 Å². The second-order valence-electron chi connectivity index (χ2n) is 9.80. The Morgan fingerprint density at radius 3 is 2.54 bits per heavy atom. The van der Waals surface area contributed by atoms with Crippen molar-refractivity contribution in [2.75, 3.05) is 17.0 Å². The third-order valence-corrected chi connectivity index (χ3v) is 7.77. The van der Waals surface area contributed by atoms with Crippen LogP contribution in [0, 0.1) is 17.6 Å². The molecule has 1 fully saturated rings. The van der Waals surface area contributed by atoms with Crippen molar-refractivity contribution < 1.29 is 31.5 Å². The number of halogens is 2. The molecule has 4 rings (SSSR count). The fourth-order valence-corrected chi connectivity index (χ4v) is 5.57. The molecule has 1 saturated carbocycles. The van der Waals surface area contributed by atoms with Gasteiger partial charge in [-0.2, -0.15) is 4.98 Å². The van der Waals surface area contributed by atoms with Crippen LogP contribution in [-0.2, 0) is 29.4 Å². The van der Waals surface area contributed by atoms with Gasteiger partial charge in [0, 0.05) is 19.2 Å². The summed E-state index contributed by atoms with van der Waals surface area (Å²) in [6.45, 7) is 2.60. The Kier molecular flexibility index (Phi) is 9.31. The predicted molar refractivity (Wildman–Crippen MR) is 141 cm³/mol. The normalized spacial score (nSPS) is 15.1. The Labute approximate surface area is 226 Å². The minimum absolute atomic E-state index is 0.0505. The van der Waals surface area contributed by atoms with E-state index in [-0.39, 0.29) is 41.9 Å². The first kappa shape index (κ1) is 28.7. The number of hydrogen-bond donors (Lipinski definition) is 4. The SMILES string of the molecule is CCc1cccc(CNCC(O)C(Cc2cc(F)cc(F)c2)NC(=O)c2coc(NS(=O)(=O)CC3CC3)n2)c1. The Bertz CT molecular complexity index is 1370. The van der Waals surface area contributed by atoms with E-state index in [0.717, 1.165) is 49.3 Å². The van der Waals surface area contributed by atoms with E-state index in [1.807, 2.05) is 18.2 Å². The van der Waals surface area contributed by atoms with Gasteiger partial charge < -0.3 is 20.2 Å². The highest BCUT2D eigenvalue weighted by molar-refractivity contribution is 7.92. The molecule has 0 spiro atoms. The third-order valence-electron chi connectivity index (χ3n) is 6.37. The van der Waals surface area contributed by atoms with Crippen LogP contribution in [0.5, 0.6) is 0 Å². The van der Waals surface area contributed by atoms with Crippen molar-refractivity contribution in [1.29, 1.82) is 0 Å². The molecule has 0 radical (unpaired) electrons. The fourth-order valence-electron chi connectivity index (χ4n) is 4.17. The van der Waals surface area contributed by atoms with Crippen molar-refractivity contribution in [1.82, 2.24) is 15.6 Å². The van der Waals surface area contributed by atoms with E-state index in [2.05, 4.69) is 33.3 Å². The van der Waals surface area contributed by atoms with Gasteiger partial charge in [-0.15, -0.1) is 0 Å². The molecule has 2 atom stereocenters. The number of anilines is 1. The summed E-state index contributed by atoms with van der Waals surface area (Å²) in [4.78, 5) is 16.8. The Morgan fingerprint density at radius 2 is 1.85 bits per heavy atom. The highest BCUT2D eigenvalue weighted by Crippen LogP contribution is 2.30. The van der Waals surface area contributed by atoms with E-state index in [1.165, 1.54) is 5.56 Å². The second kappa shape index (κ2) is 12.7. The monoisotopic (exact) mass is 562 g/mol. The average molecular weight is 563 g/mol. The maximum absolute atomic E-state index is 13.8. The summed E-state index contributed by atoms with van der Waals surface area (Å²) in [5, 5.41) is 16.7. The number of aromatic nitrogens is 1. The van der Waals surface area contributed by atoms with E-state index in [9.17, 15) is 27.1 Å². The van der Waals surface area contributed by atoms with Crippen LogP contribution in [0.3, 0.4) is 0 Å². The Morgan fingerprint density at radius 1 is 1.13 bits per heavy atom. The van der Waals surface area contributed by atoms with Gasteiger partial charge in [-0.1, -0.05) is 31.2 Å². The number of nitrogens with zero attached hydrogens (tertiary/aromatic N) is 1. The van der Waals surface area contributed by atoms with E-state index in [4.69, 9.17) is 4.42 Å². The number of benzene rings is 2. The molecule has 39 heavy (non-hydrogen) atoms. The zero-order valence-electron chi connectivity index (χ0n) is 21.5. The number of aryl methyl sites for hydroxylation is 1. The highest BCUT2D eigenvalue weighted by Gasteiger charge is 2.29. The molecule has 0 aliphatic heterocycles. The van der Waals surface area contributed by atoms with E-state index < -0.39 is 39.7 Å². The van der Waals surface area contributed by atoms with Crippen LogP contribution in [-0.4, -0.2) is 48.9 Å². The molecular formula is C27H32F2N4O5S. The molecule has 0 bridgehead atoms. The summed E-state index contributed by atoms with van der Waals surface area (Å²) < 4.78 is 59.3. The summed E-state index contributed by atoms with van der Waals surface area (Å²) in [6, 6.07) is 9.66. The number of rotatable bonds is 14. The summed E-state index contributed by atoms with van der Waals surface area (Å²) >= 11 is 0. The molecule has 12 heteroatoms. The van der Waals surface area contributed by atoms with Crippen LogP contribution in [0.1, 0.15) is 46.9 Å². The first-order valence-corrected chi connectivity index (χ1v) is 14.4. The fraction of sp³-hybridized carbons (Fsp3) is 0.407. The number of hydrogen-bond acceptors (Lipinski definition) is 7. The van der Waals surface area contributed by atoms with Gasteiger partial charge in [0.05, 0.1) is 17.9 Å². The quantitative estimate of drug-likeness (QED) is 0.237. The summed E-state index contributed by atoms with van der Waals surface area (Å²) in [7, 11) is -3.66. The number of carbonyl (C=O) groups excluding carboxylic acids is 1. The first-order chi connectivity index (χ1) is 18.6. The first-order valence-electron chi connectivity index (χ1n) is 12.8. The van der Waals surface area contributed by atoms with Gasteiger partial charge in [-0.05, 0) is 60.4 Å². The van der Waals surface area contributed by atoms with Gasteiger partial charge in [0.1, 0.15) is 17.9 Å². The molecule has 1 aliphatic rings. The average Bonchev–Trinajstić information content (AvgIpc) is 3.55. The van der Waals surface area contributed by atoms with Gasteiger partial charge in [0.2, 0.25) is 10.0 Å². The number of nitrogens with one attached hydrogen (secondary N) is 3. The maximum atomic E-state index is 13.8. The molecule has 210 valence electrons. The largest absolute Gasteiger partial charge is 0.431 e. The van der Waals surface area contributed by atoms with Crippen molar-refractivity contribution in [3.05, 3.63) is 82.7 Å². The summed E-state index contributed by atoms with van der Waals surface area (Å²) in [5.74, 6) is -2.25. The van der Waals surface area contributed by atoms with Crippen molar-refractivity contribution >= 4 is 21.9 Å². The lowest BCUT2D eigenvalue weighted by molar-refractivity contribution is 0.0825. The molecule has 1 heterocycles. The topological polar surface area (TPSA) is 134 Å². The van der Waals surface area contributed by atoms with Crippen LogP contribution < -0.4 is 15.4 Å². The minimum atomic E-state index is -3.66. The van der Waals surface area contributed by atoms with Crippen LogP contribution in [0.15, 0.2) is 53.1 Å². The lowest BCUT2D eigenvalue weighted by atomic mass is 10.00. The maximum Gasteiger partial charge on any atom is 0.309 e. The van der Waals surface area contributed by atoms with Crippen molar-refractivity contribution in [3.8, 4) is 0 Å². The highest BCUT2D eigenvalue weighted by atomic mass is 32.2. The minimum Gasteiger partial charge on any atom is -0.431 e. The standard InChI is InChI=1S/C27H32F2N4O5S/c1-2-17-4-3-5-19(8-17)13-30-14-25(34)23(11-20-9-21(28)12-22(29)10-20)31-26(35)24-15-38-27(32-24)33-39(36,37)16-18-6-7-18/h3-5,8-10,12,15,18,23,25,30,34H,2,6-7,11,13-14,16H2,1H3,(H,31,35)(H,32,33). The molecule has 1 amide bonds. The van der Waals surface area contributed by atoms with E-state index >= 15 is 0 Å². The summed E-state index contributed by atoms with van der Waals surface area (Å²) in [6.07, 6.45) is 2.36. The summed E-state index contributed by atoms with van der Waals surface area (Å²) in [5.41, 5.74) is 2.22. The van der Waals surface area contributed by atoms with Gasteiger partial charge in [0.15, 0.2) is 5.69 Å². The van der Waals surface area contributed by atoms with Crippen LogP contribution in [0.25, 0.3) is 0 Å². The molecule has 2 unspecified atom stereocenters. The molecule has 4 N–H and O–H groups in total. The number of aliphatic hydroxyl groups is 1. The number of carbonyl (C=O) groups is 1. The molecule has 0 saturated heterocycles. The molecule has 3 aromatic rings.